The molecule has 0 unspecified atom stereocenters. The van der Waals surface area contributed by atoms with Gasteiger partial charge in [0, 0.05) is 40.5 Å². The zero-order valence-corrected chi connectivity index (χ0v) is 16.8. The fraction of sp³-hybridized carbons (Fsp3) is 0.100. The normalized spacial score (nSPS) is 11.0. The number of nitrogens with zero attached hydrogens (tertiary/aromatic N) is 2. The quantitative estimate of drug-likeness (QED) is 0.380. The molecule has 0 radical (unpaired) electrons. The summed E-state index contributed by atoms with van der Waals surface area (Å²) in [6, 6.07) is 14.1. The van der Waals surface area contributed by atoms with Crippen molar-refractivity contribution in [1.29, 1.82) is 0 Å². The van der Waals surface area contributed by atoms with Crippen LogP contribution in [0.5, 0.6) is 0 Å². The van der Waals surface area contributed by atoms with Crippen LogP contribution in [0.1, 0.15) is 16.7 Å². The maximum absolute atomic E-state index is 6.17. The first-order valence-electron chi connectivity index (χ1n) is 8.23. The molecule has 4 nitrogen and oxygen atoms in total. The third kappa shape index (κ3) is 3.68. The second-order valence-electron chi connectivity index (χ2n) is 6.01. The van der Waals surface area contributed by atoms with Crippen molar-refractivity contribution in [3.63, 3.8) is 0 Å². The Kier molecular flexibility index (Phi) is 5.08. The molecule has 0 saturated carbocycles. The number of anilines is 1. The first kappa shape index (κ1) is 17.3. The fourth-order valence-corrected chi connectivity index (χ4v) is 3.63. The van der Waals surface area contributed by atoms with E-state index in [4.69, 9.17) is 11.6 Å². The minimum absolute atomic E-state index is 0.694. The summed E-state index contributed by atoms with van der Waals surface area (Å²) in [5.74, 6) is 0.852. The molecule has 0 bridgehead atoms. The smallest absolute Gasteiger partial charge is 0.137 e. The molecule has 0 aliphatic rings. The van der Waals surface area contributed by atoms with Crippen LogP contribution in [0.15, 0.2) is 61.1 Å². The van der Waals surface area contributed by atoms with Gasteiger partial charge >= 0.3 is 0 Å². The Bertz CT molecular complexity index is 1040. The van der Waals surface area contributed by atoms with Gasteiger partial charge in [0.1, 0.15) is 11.5 Å². The van der Waals surface area contributed by atoms with Gasteiger partial charge in [-0.3, -0.25) is 0 Å². The average molecular weight is 475 g/mol. The van der Waals surface area contributed by atoms with Gasteiger partial charge in [-0.15, -0.1) is 0 Å². The van der Waals surface area contributed by atoms with Gasteiger partial charge in [-0.05, 0) is 63.5 Å². The molecule has 0 saturated heterocycles. The lowest BCUT2D eigenvalue weighted by molar-refractivity contribution is 1.08. The lowest BCUT2D eigenvalue weighted by Gasteiger charge is -2.09. The second kappa shape index (κ2) is 7.63. The number of benzene rings is 1. The standard InChI is InChI=1S/C20H16ClIN4/c21-17-5-1-3-14(19(17)22)11-25-18-7-6-13(10-24-18)9-15-12-26-20-16(15)4-2-8-23-20/h1-8,10,12H,9,11H2,(H,23,26)(H,24,25). The summed E-state index contributed by atoms with van der Waals surface area (Å²) < 4.78 is 1.07. The molecule has 6 heteroatoms. The number of hydrogen-bond donors (Lipinski definition) is 2. The molecule has 0 aliphatic carbocycles. The van der Waals surface area contributed by atoms with E-state index in [-0.39, 0.29) is 0 Å². The molecule has 4 rings (SSSR count). The molecule has 2 N–H and O–H groups in total. The summed E-state index contributed by atoms with van der Waals surface area (Å²) in [6.07, 6.45) is 6.56. The van der Waals surface area contributed by atoms with E-state index in [1.54, 1.807) is 6.20 Å². The van der Waals surface area contributed by atoms with Crippen molar-refractivity contribution in [2.24, 2.45) is 0 Å². The summed E-state index contributed by atoms with van der Waals surface area (Å²) in [6.45, 7) is 0.694. The molecule has 3 aromatic heterocycles. The number of rotatable bonds is 5. The summed E-state index contributed by atoms with van der Waals surface area (Å²) in [7, 11) is 0. The van der Waals surface area contributed by atoms with Gasteiger partial charge < -0.3 is 10.3 Å². The van der Waals surface area contributed by atoms with E-state index in [1.807, 2.05) is 36.7 Å². The highest BCUT2D eigenvalue weighted by Gasteiger charge is 2.06. The molecule has 0 atom stereocenters. The van der Waals surface area contributed by atoms with Crippen LogP contribution in [-0.2, 0) is 13.0 Å². The highest BCUT2D eigenvalue weighted by molar-refractivity contribution is 14.1. The van der Waals surface area contributed by atoms with Crippen LogP contribution in [0, 0.1) is 3.57 Å². The zero-order chi connectivity index (χ0) is 17.9. The SMILES string of the molecule is Clc1cccc(CNc2ccc(Cc3c[nH]c4ncccc34)cn2)c1I. The third-order valence-electron chi connectivity index (χ3n) is 4.25. The number of aromatic amines is 1. The summed E-state index contributed by atoms with van der Waals surface area (Å²) in [5.41, 5.74) is 4.47. The molecule has 0 aliphatic heterocycles. The third-order valence-corrected chi connectivity index (χ3v) is 6.16. The topological polar surface area (TPSA) is 53.6 Å². The summed E-state index contributed by atoms with van der Waals surface area (Å²) >= 11 is 8.44. The predicted molar refractivity (Wildman–Crippen MR) is 115 cm³/mol. The van der Waals surface area contributed by atoms with Crippen LogP contribution in [0.3, 0.4) is 0 Å². The molecular formula is C20H16ClIN4. The van der Waals surface area contributed by atoms with E-state index < -0.39 is 0 Å². The second-order valence-corrected chi connectivity index (χ2v) is 7.49. The Labute approximate surface area is 170 Å². The lowest BCUT2D eigenvalue weighted by Crippen LogP contribution is -2.03. The Morgan fingerprint density at radius 1 is 1.04 bits per heavy atom. The van der Waals surface area contributed by atoms with Gasteiger partial charge in [0.05, 0.1) is 5.02 Å². The largest absolute Gasteiger partial charge is 0.366 e. The monoisotopic (exact) mass is 474 g/mol. The molecule has 1 aromatic carbocycles. The van der Waals surface area contributed by atoms with Crippen LogP contribution in [0.2, 0.25) is 5.02 Å². The highest BCUT2D eigenvalue weighted by atomic mass is 127. The fourth-order valence-electron chi connectivity index (χ4n) is 2.88. The van der Waals surface area contributed by atoms with Crippen LogP contribution in [0.25, 0.3) is 11.0 Å². The first-order chi connectivity index (χ1) is 12.7. The molecular weight excluding hydrogens is 459 g/mol. The molecule has 26 heavy (non-hydrogen) atoms. The molecule has 0 fully saturated rings. The average Bonchev–Trinajstić information content (AvgIpc) is 3.07. The minimum atomic E-state index is 0.694. The van der Waals surface area contributed by atoms with Crippen LogP contribution in [-0.4, -0.2) is 15.0 Å². The summed E-state index contributed by atoms with van der Waals surface area (Å²) in [5, 5.41) is 5.29. The van der Waals surface area contributed by atoms with E-state index in [9.17, 15) is 0 Å². The summed E-state index contributed by atoms with van der Waals surface area (Å²) in [4.78, 5) is 12.1. The van der Waals surface area contributed by atoms with Gasteiger partial charge in [-0.25, -0.2) is 9.97 Å². The Hall–Kier alpha value is -2.12. The maximum Gasteiger partial charge on any atom is 0.137 e. The van der Waals surface area contributed by atoms with Gasteiger partial charge in [-0.1, -0.05) is 29.8 Å². The molecule has 0 spiro atoms. The van der Waals surface area contributed by atoms with Crippen LogP contribution in [0.4, 0.5) is 5.82 Å². The van der Waals surface area contributed by atoms with Crippen molar-refractivity contribution >= 4 is 51.0 Å². The van der Waals surface area contributed by atoms with Gasteiger partial charge in [0.2, 0.25) is 0 Å². The highest BCUT2D eigenvalue weighted by Crippen LogP contribution is 2.23. The van der Waals surface area contributed by atoms with Crippen molar-refractivity contribution in [2.45, 2.75) is 13.0 Å². The minimum Gasteiger partial charge on any atom is -0.366 e. The van der Waals surface area contributed by atoms with Gasteiger partial charge in [-0.2, -0.15) is 0 Å². The Balaban J connectivity index is 1.44. The Morgan fingerprint density at radius 3 is 2.81 bits per heavy atom. The number of fused-ring (bicyclic) bond motifs is 1. The number of nitrogens with one attached hydrogen (secondary N) is 2. The zero-order valence-electron chi connectivity index (χ0n) is 13.8. The van der Waals surface area contributed by atoms with Crippen molar-refractivity contribution in [1.82, 2.24) is 15.0 Å². The number of H-pyrrole nitrogens is 1. The molecule has 3 heterocycles. The number of hydrogen-bond acceptors (Lipinski definition) is 3. The number of halogens is 2. The van der Waals surface area contributed by atoms with Crippen molar-refractivity contribution in [3.8, 4) is 0 Å². The first-order valence-corrected chi connectivity index (χ1v) is 9.69. The van der Waals surface area contributed by atoms with Gasteiger partial charge in [0.25, 0.3) is 0 Å². The number of aromatic nitrogens is 3. The molecule has 130 valence electrons. The van der Waals surface area contributed by atoms with E-state index in [2.05, 4.69) is 61.1 Å². The predicted octanol–water partition coefficient (Wildman–Crippen LogP) is 5.42. The van der Waals surface area contributed by atoms with Gasteiger partial charge in [0.15, 0.2) is 0 Å². The Morgan fingerprint density at radius 2 is 1.96 bits per heavy atom. The molecule has 0 amide bonds. The maximum atomic E-state index is 6.17. The van der Waals surface area contributed by atoms with E-state index in [0.29, 0.717) is 6.54 Å². The number of pyridine rings is 2. The van der Waals surface area contributed by atoms with Crippen molar-refractivity contribution < 1.29 is 0 Å². The van der Waals surface area contributed by atoms with E-state index in [1.165, 1.54) is 5.56 Å². The molecule has 4 aromatic rings. The van der Waals surface area contributed by atoms with Crippen molar-refractivity contribution in [2.75, 3.05) is 5.32 Å². The van der Waals surface area contributed by atoms with E-state index in [0.717, 1.165) is 43.0 Å². The van der Waals surface area contributed by atoms with E-state index >= 15 is 0 Å². The van der Waals surface area contributed by atoms with Crippen LogP contribution < -0.4 is 5.32 Å². The lowest BCUT2D eigenvalue weighted by atomic mass is 10.1. The van der Waals surface area contributed by atoms with Crippen LogP contribution >= 0.6 is 34.2 Å². The van der Waals surface area contributed by atoms with Crippen molar-refractivity contribution in [3.05, 3.63) is 86.3 Å².